The summed E-state index contributed by atoms with van der Waals surface area (Å²) in [6.07, 6.45) is 0. The number of methoxy groups -OCH3 is 3. The lowest BCUT2D eigenvalue weighted by molar-refractivity contribution is 0.0461. The summed E-state index contributed by atoms with van der Waals surface area (Å²) in [5, 5.41) is 16.6. The van der Waals surface area contributed by atoms with E-state index in [2.05, 4.69) is 20.1 Å². The third kappa shape index (κ3) is 15.2. The van der Waals surface area contributed by atoms with Gasteiger partial charge in [-0.15, -0.1) is 23.5 Å². The molecule has 0 saturated carbocycles. The number of aromatic carboxylic acids is 1. The van der Waals surface area contributed by atoms with Gasteiger partial charge in [0, 0.05) is 56.5 Å². The maximum absolute atomic E-state index is 12.5. The number of hydrogen-bond acceptors (Lipinski definition) is 13. The van der Waals surface area contributed by atoms with Crippen LogP contribution in [0.15, 0.2) is 105 Å². The minimum atomic E-state index is -1.12. The number of carbonyl (C=O) groups excluding carboxylic acids is 1. The Morgan fingerprint density at radius 1 is 0.625 bits per heavy atom. The van der Waals surface area contributed by atoms with Crippen LogP contribution in [0.2, 0.25) is 0 Å². The molecule has 0 heterocycles. The average Bonchev–Trinajstić information content (AvgIpc) is 3.21. The van der Waals surface area contributed by atoms with Gasteiger partial charge in [-0.1, -0.05) is 54.1 Å². The molecule has 0 aliphatic heterocycles. The van der Waals surface area contributed by atoms with Crippen molar-refractivity contribution in [3.05, 3.63) is 128 Å². The molecule has 0 fully saturated rings. The number of benzene rings is 4. The Balaban J connectivity index is 0.000000380. The summed E-state index contributed by atoms with van der Waals surface area (Å²) >= 11 is 3.03. The first kappa shape index (κ1) is 46.4. The topological polar surface area (TPSA) is 216 Å². The van der Waals surface area contributed by atoms with Gasteiger partial charge in [0.15, 0.2) is 13.6 Å². The molecule has 0 spiro atoms. The molecule has 0 aliphatic carbocycles. The van der Waals surface area contributed by atoms with Gasteiger partial charge in [0.1, 0.15) is 34.1 Å². The Kier molecular flexibility index (Phi) is 22.3. The largest absolute Gasteiger partial charge is 0.493 e. The van der Waals surface area contributed by atoms with Crippen molar-refractivity contribution >= 4 is 35.5 Å². The number of rotatable bonds is 22. The maximum Gasteiger partial charge on any atom is 0.342 e. The molecule has 0 saturated heterocycles. The molecule has 0 bridgehead atoms. The highest BCUT2D eigenvalue weighted by Crippen LogP contribution is 2.37. The zero-order valence-electron chi connectivity index (χ0n) is 30.4. The molecule has 0 aliphatic rings. The van der Waals surface area contributed by atoms with Crippen molar-refractivity contribution in [2.75, 3.05) is 61.2 Å². The van der Waals surface area contributed by atoms with Crippen molar-refractivity contribution in [3.8, 4) is 23.0 Å². The zero-order valence-corrected chi connectivity index (χ0v) is 32.0. The van der Waals surface area contributed by atoms with Gasteiger partial charge in [0.2, 0.25) is 0 Å². The minimum Gasteiger partial charge on any atom is -0.493 e. The van der Waals surface area contributed by atoms with Gasteiger partial charge >= 0.3 is 11.9 Å². The van der Waals surface area contributed by atoms with Gasteiger partial charge in [0.05, 0.1) is 33.4 Å². The second-order valence-electron chi connectivity index (χ2n) is 10.5. The Hall–Kier alpha value is -5.74. The van der Waals surface area contributed by atoms with Crippen molar-refractivity contribution in [2.45, 2.75) is 28.7 Å². The second kappa shape index (κ2) is 26.9. The van der Waals surface area contributed by atoms with Crippen LogP contribution in [0.4, 0.5) is 0 Å². The van der Waals surface area contributed by atoms with E-state index in [4.69, 9.17) is 44.2 Å². The normalized spacial score (nSPS) is 9.91. The number of esters is 1. The third-order valence-corrected chi connectivity index (χ3v) is 9.09. The standard InChI is InChI=1S/C19H21N3O5S.C18H19N3O5S.CH4/c1-24-13-27-17-9-8-16(26-11-10-21-22-20)15(18(17)19(23)25-2)12-28-14-6-4-3-5-7-14;1-24-12-26-16-8-7-15(25-10-9-20-21-19)14(17(16)18(22)23)11-27-13-5-3-2-4-6-13;/h3-9H,10-13H2,1-2H3;2-8H,9-12H2,1H3,(H,22,23);1H4. The first-order valence-electron chi connectivity index (χ1n) is 16.4. The Bertz CT molecular complexity index is 1910. The molecule has 0 atom stereocenters. The molecule has 18 heteroatoms. The van der Waals surface area contributed by atoms with Gasteiger partial charge in [-0.2, -0.15) is 0 Å². The molecule has 0 amide bonds. The van der Waals surface area contributed by atoms with E-state index in [0.717, 1.165) is 9.79 Å². The molecule has 4 rings (SSSR count). The molecule has 298 valence electrons. The van der Waals surface area contributed by atoms with E-state index in [1.807, 2.05) is 60.7 Å². The predicted molar refractivity (Wildman–Crippen MR) is 214 cm³/mol. The Morgan fingerprint density at radius 3 is 1.43 bits per heavy atom. The SMILES string of the molecule is C.COCOc1ccc(OCCN=[N+]=[N-])c(CSc2ccccc2)c1C(=O)O.COCOc1ccc(OCCN=[N+]=[N-])c(CSc2ccccc2)c1C(=O)OC. The number of hydrogen-bond donors (Lipinski definition) is 1. The van der Waals surface area contributed by atoms with Crippen LogP contribution in [0.1, 0.15) is 39.3 Å². The molecule has 0 radical (unpaired) electrons. The summed E-state index contributed by atoms with van der Waals surface area (Å²) in [6, 6.07) is 25.9. The van der Waals surface area contributed by atoms with E-state index in [-0.39, 0.29) is 64.2 Å². The summed E-state index contributed by atoms with van der Waals surface area (Å²) in [4.78, 5) is 31.8. The summed E-state index contributed by atoms with van der Waals surface area (Å²) in [7, 11) is 4.27. The highest BCUT2D eigenvalue weighted by atomic mass is 32.2. The number of ether oxygens (including phenoxy) is 7. The number of carboxylic acid groups (broad SMARTS) is 1. The van der Waals surface area contributed by atoms with Crippen LogP contribution < -0.4 is 18.9 Å². The summed E-state index contributed by atoms with van der Waals surface area (Å²) < 4.78 is 37.1. The smallest absolute Gasteiger partial charge is 0.342 e. The van der Waals surface area contributed by atoms with Crippen LogP contribution in [-0.4, -0.2) is 78.3 Å². The van der Waals surface area contributed by atoms with E-state index in [1.165, 1.54) is 39.2 Å². The quantitative estimate of drug-likeness (QED) is 0.0149. The number of nitrogens with zero attached hydrogens (tertiary/aromatic N) is 6. The number of carbonyl (C=O) groups is 2. The lowest BCUT2D eigenvalue weighted by Gasteiger charge is -2.18. The fraction of sp³-hybridized carbons (Fsp3) is 0.316. The van der Waals surface area contributed by atoms with E-state index < -0.39 is 11.9 Å². The first-order chi connectivity index (χ1) is 26.9. The summed E-state index contributed by atoms with van der Waals surface area (Å²) in [6.45, 7) is 0.578. The molecular formula is C38H44N6O10S2. The van der Waals surface area contributed by atoms with E-state index in [9.17, 15) is 14.7 Å². The molecule has 4 aromatic carbocycles. The van der Waals surface area contributed by atoms with Gasteiger partial charge in [-0.25, -0.2) is 9.59 Å². The lowest BCUT2D eigenvalue weighted by atomic mass is 10.1. The highest BCUT2D eigenvalue weighted by molar-refractivity contribution is 7.98. The second-order valence-corrected chi connectivity index (χ2v) is 12.6. The molecule has 4 aromatic rings. The summed E-state index contributed by atoms with van der Waals surface area (Å²) in [5.41, 5.74) is 18.2. The fourth-order valence-corrected chi connectivity index (χ4v) is 6.54. The predicted octanol–water partition coefficient (Wildman–Crippen LogP) is 9.42. The van der Waals surface area contributed by atoms with Crippen LogP contribution in [0.5, 0.6) is 23.0 Å². The van der Waals surface area contributed by atoms with E-state index >= 15 is 0 Å². The number of thioether (sulfide) groups is 2. The van der Waals surface area contributed by atoms with Gasteiger partial charge in [-0.05, 0) is 59.6 Å². The van der Waals surface area contributed by atoms with Crippen molar-refractivity contribution in [1.82, 2.24) is 0 Å². The molecule has 0 unspecified atom stereocenters. The average molecular weight is 809 g/mol. The van der Waals surface area contributed by atoms with Crippen LogP contribution >= 0.6 is 23.5 Å². The van der Waals surface area contributed by atoms with E-state index in [1.54, 1.807) is 30.0 Å². The van der Waals surface area contributed by atoms with Crippen molar-refractivity contribution in [1.29, 1.82) is 0 Å². The van der Waals surface area contributed by atoms with Crippen LogP contribution in [0.3, 0.4) is 0 Å². The van der Waals surface area contributed by atoms with Crippen molar-refractivity contribution in [2.24, 2.45) is 10.2 Å². The monoisotopic (exact) mass is 808 g/mol. The number of carboxylic acids is 1. The van der Waals surface area contributed by atoms with Gasteiger partial charge < -0.3 is 38.3 Å². The van der Waals surface area contributed by atoms with Crippen LogP contribution in [-0.2, 0) is 25.7 Å². The van der Waals surface area contributed by atoms with Crippen LogP contribution in [0, 0.1) is 0 Å². The first-order valence-corrected chi connectivity index (χ1v) is 18.3. The highest BCUT2D eigenvalue weighted by Gasteiger charge is 2.24. The molecule has 0 aromatic heterocycles. The summed E-state index contributed by atoms with van der Waals surface area (Å²) in [5.74, 6) is 0.633. The molecule has 56 heavy (non-hydrogen) atoms. The van der Waals surface area contributed by atoms with Crippen molar-refractivity contribution < 1.29 is 47.9 Å². The lowest BCUT2D eigenvalue weighted by Crippen LogP contribution is -2.12. The fourth-order valence-electron chi connectivity index (χ4n) is 4.64. The Labute approximate surface area is 333 Å². The molecule has 1 N–H and O–H groups in total. The van der Waals surface area contributed by atoms with Gasteiger partial charge in [-0.3, -0.25) is 0 Å². The third-order valence-electron chi connectivity index (χ3n) is 7.01. The Morgan fingerprint density at radius 2 is 1.04 bits per heavy atom. The molecular weight excluding hydrogens is 765 g/mol. The minimum absolute atomic E-state index is 0. The van der Waals surface area contributed by atoms with Crippen LogP contribution in [0.25, 0.3) is 20.9 Å². The van der Waals surface area contributed by atoms with Crippen molar-refractivity contribution in [3.63, 3.8) is 0 Å². The zero-order chi connectivity index (χ0) is 39.7. The maximum atomic E-state index is 12.5. The van der Waals surface area contributed by atoms with E-state index in [0.29, 0.717) is 39.9 Å². The number of azide groups is 2. The van der Waals surface area contributed by atoms with Gasteiger partial charge in [0.25, 0.3) is 0 Å². The molecule has 16 nitrogen and oxygen atoms in total.